The van der Waals surface area contributed by atoms with Gasteiger partial charge in [0.2, 0.25) is 0 Å². The minimum absolute atomic E-state index is 0.167. The van der Waals surface area contributed by atoms with E-state index >= 15 is 0 Å². The molecular weight excluding hydrogens is 287 g/mol. The highest BCUT2D eigenvalue weighted by molar-refractivity contribution is 14.1. The smallest absolute Gasteiger partial charge is 0.305 e. The lowest BCUT2D eigenvalue weighted by molar-refractivity contribution is -0.141. The van der Waals surface area contributed by atoms with Crippen molar-refractivity contribution in [1.29, 1.82) is 0 Å². The number of carbonyl (C=O) groups is 2. The summed E-state index contributed by atoms with van der Waals surface area (Å²) in [6.45, 7) is 1.72. The summed E-state index contributed by atoms with van der Waals surface area (Å²) in [4.78, 5) is 21.1. The molecule has 0 aromatic heterocycles. The molecule has 0 rings (SSSR count). The lowest BCUT2D eigenvalue weighted by Crippen LogP contribution is -2.13. The number of alkyl halides is 1. The number of rotatable bonds is 5. The highest BCUT2D eigenvalue weighted by Gasteiger charge is 2.09. The van der Waals surface area contributed by atoms with Crippen LogP contribution in [0, 0.1) is 0 Å². The summed E-state index contributed by atoms with van der Waals surface area (Å²) in [5, 5.41) is 0. The largest absolute Gasteiger partial charge is 0.469 e. The highest BCUT2D eigenvalue weighted by atomic mass is 127. The molecule has 1 atom stereocenters. The summed E-state index contributed by atoms with van der Waals surface area (Å²) in [5.74, 6) is -0.524. The Morgan fingerprint density at radius 1 is 1.46 bits per heavy atom. The highest BCUT2D eigenvalue weighted by Crippen LogP contribution is 2.09. The Kier molecular flexibility index (Phi) is 6.93. The molecule has 5 heteroatoms. The predicted octanol–water partition coefficient (Wildman–Crippen LogP) is 1.31. The second-order valence-corrected chi connectivity index (χ2v) is 4.28. The van der Waals surface area contributed by atoms with Gasteiger partial charge in [-0.3, -0.25) is 9.59 Å². The van der Waals surface area contributed by atoms with E-state index in [9.17, 15) is 9.59 Å². The van der Waals surface area contributed by atoms with Crippen LogP contribution < -0.4 is 0 Å². The van der Waals surface area contributed by atoms with Crippen LogP contribution in [0.4, 0.5) is 0 Å². The Bertz CT molecular complexity index is 181. The van der Waals surface area contributed by atoms with Crippen molar-refractivity contribution in [2.75, 3.05) is 13.7 Å². The molecule has 0 amide bonds. The third-order valence-electron chi connectivity index (χ3n) is 1.36. The van der Waals surface area contributed by atoms with Crippen LogP contribution in [0.1, 0.15) is 19.8 Å². The average Bonchev–Trinajstić information content (AvgIpc) is 2.10. The van der Waals surface area contributed by atoms with E-state index in [1.165, 1.54) is 14.0 Å². The van der Waals surface area contributed by atoms with E-state index in [2.05, 4.69) is 27.3 Å². The van der Waals surface area contributed by atoms with Gasteiger partial charge in [-0.15, -0.1) is 0 Å². The molecular formula is C8H13IO4. The fourth-order valence-corrected chi connectivity index (χ4v) is 1.16. The first-order chi connectivity index (χ1) is 6.06. The summed E-state index contributed by atoms with van der Waals surface area (Å²) in [6, 6.07) is 0. The molecule has 0 fully saturated rings. The van der Waals surface area contributed by atoms with E-state index in [-0.39, 0.29) is 15.9 Å². The van der Waals surface area contributed by atoms with Gasteiger partial charge in [0.25, 0.3) is 0 Å². The quantitative estimate of drug-likeness (QED) is 0.436. The molecule has 0 bridgehead atoms. The Morgan fingerprint density at radius 2 is 2.08 bits per heavy atom. The van der Waals surface area contributed by atoms with Crippen molar-refractivity contribution in [3.05, 3.63) is 0 Å². The van der Waals surface area contributed by atoms with Gasteiger partial charge in [0, 0.05) is 17.3 Å². The SMILES string of the molecule is COC(=O)CCC(I)COC(C)=O. The van der Waals surface area contributed by atoms with Gasteiger partial charge in [-0.1, -0.05) is 22.6 Å². The first-order valence-corrected chi connectivity index (χ1v) is 5.15. The zero-order valence-corrected chi connectivity index (χ0v) is 9.87. The van der Waals surface area contributed by atoms with Gasteiger partial charge in [-0.05, 0) is 6.42 Å². The van der Waals surface area contributed by atoms with Crippen molar-refractivity contribution in [2.45, 2.75) is 23.7 Å². The topological polar surface area (TPSA) is 52.6 Å². The maximum atomic E-state index is 10.7. The van der Waals surface area contributed by atoms with Crippen LogP contribution in [0.2, 0.25) is 0 Å². The normalized spacial score (nSPS) is 11.9. The maximum absolute atomic E-state index is 10.7. The van der Waals surface area contributed by atoms with E-state index in [1.807, 2.05) is 0 Å². The standard InChI is InChI=1S/C8H13IO4/c1-6(10)13-5-7(9)3-4-8(11)12-2/h7H,3-5H2,1-2H3. The van der Waals surface area contributed by atoms with Crippen LogP contribution in [0.25, 0.3) is 0 Å². The Labute approximate surface area is 91.1 Å². The second-order valence-electron chi connectivity index (χ2n) is 2.51. The van der Waals surface area contributed by atoms with Gasteiger partial charge in [0.15, 0.2) is 0 Å². The third-order valence-corrected chi connectivity index (χ3v) is 2.34. The minimum atomic E-state index is -0.292. The molecule has 0 heterocycles. The van der Waals surface area contributed by atoms with Crippen LogP contribution in [-0.2, 0) is 19.1 Å². The van der Waals surface area contributed by atoms with Crippen molar-refractivity contribution in [3.8, 4) is 0 Å². The van der Waals surface area contributed by atoms with E-state index in [0.29, 0.717) is 19.4 Å². The zero-order chi connectivity index (χ0) is 10.3. The monoisotopic (exact) mass is 300 g/mol. The number of esters is 2. The van der Waals surface area contributed by atoms with Gasteiger partial charge in [-0.2, -0.15) is 0 Å². The third kappa shape index (κ3) is 8.01. The molecule has 76 valence electrons. The van der Waals surface area contributed by atoms with Gasteiger partial charge >= 0.3 is 11.9 Å². The van der Waals surface area contributed by atoms with Gasteiger partial charge < -0.3 is 9.47 Å². The average molecular weight is 300 g/mol. The molecule has 0 saturated heterocycles. The van der Waals surface area contributed by atoms with Crippen molar-refractivity contribution in [3.63, 3.8) is 0 Å². The summed E-state index contributed by atoms with van der Waals surface area (Å²) < 4.78 is 9.41. The molecule has 0 aliphatic heterocycles. The summed E-state index contributed by atoms with van der Waals surface area (Å²) in [7, 11) is 1.36. The summed E-state index contributed by atoms with van der Waals surface area (Å²) >= 11 is 2.14. The number of halogens is 1. The van der Waals surface area contributed by atoms with Gasteiger partial charge in [0.05, 0.1) is 7.11 Å². The van der Waals surface area contributed by atoms with Crippen molar-refractivity contribution in [2.24, 2.45) is 0 Å². The molecule has 4 nitrogen and oxygen atoms in total. The lowest BCUT2D eigenvalue weighted by atomic mass is 10.2. The van der Waals surface area contributed by atoms with E-state index in [4.69, 9.17) is 4.74 Å². The van der Waals surface area contributed by atoms with Crippen LogP contribution in [0.3, 0.4) is 0 Å². The summed E-state index contributed by atoms with van der Waals surface area (Å²) in [5.41, 5.74) is 0. The number of ether oxygens (including phenoxy) is 2. The molecule has 0 aromatic carbocycles. The van der Waals surface area contributed by atoms with E-state index in [1.54, 1.807) is 0 Å². The molecule has 0 aromatic rings. The first-order valence-electron chi connectivity index (χ1n) is 3.90. The molecule has 0 spiro atoms. The second kappa shape index (κ2) is 7.11. The molecule has 1 unspecified atom stereocenters. The maximum Gasteiger partial charge on any atom is 0.305 e. The predicted molar refractivity (Wildman–Crippen MR) is 55.7 cm³/mol. The lowest BCUT2D eigenvalue weighted by Gasteiger charge is -2.08. The molecule has 0 N–H and O–H groups in total. The van der Waals surface area contributed by atoms with Crippen LogP contribution in [0.5, 0.6) is 0 Å². The van der Waals surface area contributed by atoms with Crippen molar-refractivity contribution >= 4 is 34.5 Å². The van der Waals surface area contributed by atoms with Crippen molar-refractivity contribution in [1.82, 2.24) is 0 Å². The Morgan fingerprint density at radius 3 is 2.54 bits per heavy atom. The molecule has 0 saturated carbocycles. The zero-order valence-electron chi connectivity index (χ0n) is 7.71. The van der Waals surface area contributed by atoms with Gasteiger partial charge in [-0.25, -0.2) is 0 Å². The minimum Gasteiger partial charge on any atom is -0.469 e. The van der Waals surface area contributed by atoms with Crippen LogP contribution in [-0.4, -0.2) is 29.6 Å². The number of carbonyl (C=O) groups excluding carboxylic acids is 2. The fraction of sp³-hybridized carbons (Fsp3) is 0.750. The summed E-state index contributed by atoms with van der Waals surface area (Å²) in [6.07, 6.45) is 1.03. The van der Waals surface area contributed by atoms with Gasteiger partial charge in [0.1, 0.15) is 6.61 Å². The number of hydrogen-bond donors (Lipinski definition) is 0. The van der Waals surface area contributed by atoms with E-state index in [0.717, 1.165) is 0 Å². The number of methoxy groups -OCH3 is 1. The Hall–Kier alpha value is -0.330. The van der Waals surface area contributed by atoms with Crippen molar-refractivity contribution < 1.29 is 19.1 Å². The first kappa shape index (κ1) is 12.7. The molecule has 13 heavy (non-hydrogen) atoms. The molecule has 0 radical (unpaired) electrons. The Balaban J connectivity index is 3.45. The number of hydrogen-bond acceptors (Lipinski definition) is 4. The molecule has 0 aliphatic rings. The fourth-order valence-electron chi connectivity index (χ4n) is 0.668. The molecule has 0 aliphatic carbocycles. The van der Waals surface area contributed by atoms with Crippen LogP contribution in [0.15, 0.2) is 0 Å². The van der Waals surface area contributed by atoms with Crippen LogP contribution >= 0.6 is 22.6 Å². The van der Waals surface area contributed by atoms with E-state index < -0.39 is 0 Å².